The van der Waals surface area contributed by atoms with Crippen molar-refractivity contribution in [2.24, 2.45) is 5.92 Å². The van der Waals surface area contributed by atoms with Gasteiger partial charge in [0.15, 0.2) is 0 Å². The molecule has 1 N–H and O–H groups in total. The molecule has 0 aromatic heterocycles. The molecule has 1 nitrogen and oxygen atoms in total. The van der Waals surface area contributed by atoms with Crippen LogP contribution in [-0.4, -0.2) is 5.71 Å². The number of hydrogen-bond donors (Lipinski definition) is 1. The first-order chi connectivity index (χ1) is 5.79. The molecule has 1 saturated carbocycles. The summed E-state index contributed by atoms with van der Waals surface area (Å²) in [6, 6.07) is 8.17. The molecule has 0 atom stereocenters. The normalized spacial score (nSPS) is 16.1. The summed E-state index contributed by atoms with van der Waals surface area (Å²) >= 11 is 0. The van der Waals surface area contributed by atoms with Crippen LogP contribution < -0.4 is 0 Å². The van der Waals surface area contributed by atoms with Crippen molar-refractivity contribution in [3.63, 3.8) is 0 Å². The lowest BCUT2D eigenvalue weighted by atomic mass is 10.0. The average molecular weight is 159 g/mol. The summed E-state index contributed by atoms with van der Waals surface area (Å²) in [6.45, 7) is 2.08. The molecule has 0 spiro atoms. The molecule has 0 bridgehead atoms. The Morgan fingerprint density at radius 2 is 2.00 bits per heavy atom. The van der Waals surface area contributed by atoms with Crippen LogP contribution in [-0.2, 0) is 0 Å². The van der Waals surface area contributed by atoms with Crippen LogP contribution >= 0.6 is 0 Å². The van der Waals surface area contributed by atoms with Crippen molar-refractivity contribution in [2.45, 2.75) is 19.8 Å². The van der Waals surface area contributed by atoms with E-state index >= 15 is 0 Å². The second-order valence-electron chi connectivity index (χ2n) is 3.50. The minimum atomic E-state index is 0.561. The Labute approximate surface area is 72.9 Å². The summed E-state index contributed by atoms with van der Waals surface area (Å²) < 4.78 is 0. The van der Waals surface area contributed by atoms with Crippen LogP contribution in [0.15, 0.2) is 24.3 Å². The number of hydrogen-bond acceptors (Lipinski definition) is 1. The molecule has 1 fully saturated rings. The number of aryl methyl sites for hydroxylation is 1. The van der Waals surface area contributed by atoms with Gasteiger partial charge < -0.3 is 5.41 Å². The fourth-order valence-corrected chi connectivity index (χ4v) is 1.47. The number of nitrogens with one attached hydrogen (secondary N) is 1. The van der Waals surface area contributed by atoms with Crippen molar-refractivity contribution in [1.82, 2.24) is 0 Å². The second-order valence-corrected chi connectivity index (χ2v) is 3.50. The van der Waals surface area contributed by atoms with Gasteiger partial charge in [0.05, 0.1) is 0 Å². The fourth-order valence-electron chi connectivity index (χ4n) is 1.47. The van der Waals surface area contributed by atoms with E-state index in [0.717, 1.165) is 11.3 Å². The molecule has 2 rings (SSSR count). The van der Waals surface area contributed by atoms with E-state index in [2.05, 4.69) is 19.1 Å². The lowest BCUT2D eigenvalue weighted by Gasteiger charge is -2.04. The highest BCUT2D eigenvalue weighted by Gasteiger charge is 2.27. The van der Waals surface area contributed by atoms with Crippen molar-refractivity contribution < 1.29 is 0 Å². The topological polar surface area (TPSA) is 23.9 Å². The van der Waals surface area contributed by atoms with E-state index in [-0.39, 0.29) is 0 Å². The van der Waals surface area contributed by atoms with Crippen molar-refractivity contribution in [2.75, 3.05) is 0 Å². The molecule has 0 aliphatic heterocycles. The number of rotatable bonds is 2. The van der Waals surface area contributed by atoms with Gasteiger partial charge in [-0.15, -0.1) is 0 Å². The summed E-state index contributed by atoms with van der Waals surface area (Å²) in [6.07, 6.45) is 2.43. The summed E-state index contributed by atoms with van der Waals surface area (Å²) in [5, 5.41) is 7.89. The maximum Gasteiger partial charge on any atom is 0.0419 e. The van der Waals surface area contributed by atoms with Crippen LogP contribution in [0.4, 0.5) is 0 Å². The van der Waals surface area contributed by atoms with E-state index in [1.54, 1.807) is 0 Å². The lowest BCUT2D eigenvalue weighted by molar-refractivity contribution is 1.15. The third-order valence-corrected chi connectivity index (χ3v) is 2.42. The highest BCUT2D eigenvalue weighted by atomic mass is 14.5. The molecule has 0 saturated heterocycles. The first-order valence-electron chi connectivity index (χ1n) is 4.43. The third-order valence-electron chi connectivity index (χ3n) is 2.42. The van der Waals surface area contributed by atoms with Crippen molar-refractivity contribution in [3.05, 3.63) is 35.4 Å². The summed E-state index contributed by atoms with van der Waals surface area (Å²) in [5.74, 6) is 0.561. The molecule has 0 radical (unpaired) electrons. The lowest BCUT2D eigenvalue weighted by Crippen LogP contribution is -2.03. The third kappa shape index (κ3) is 1.27. The molecule has 1 aromatic carbocycles. The van der Waals surface area contributed by atoms with E-state index in [9.17, 15) is 0 Å². The number of benzene rings is 1. The van der Waals surface area contributed by atoms with E-state index in [1.165, 1.54) is 18.4 Å². The van der Waals surface area contributed by atoms with Gasteiger partial charge in [-0.25, -0.2) is 0 Å². The van der Waals surface area contributed by atoms with E-state index in [4.69, 9.17) is 5.41 Å². The molecular weight excluding hydrogens is 146 g/mol. The second kappa shape index (κ2) is 2.74. The highest BCUT2D eigenvalue weighted by Crippen LogP contribution is 2.33. The monoisotopic (exact) mass is 159 g/mol. The highest BCUT2D eigenvalue weighted by molar-refractivity contribution is 6.02. The molecule has 0 unspecified atom stereocenters. The van der Waals surface area contributed by atoms with E-state index in [1.807, 2.05) is 12.1 Å². The molecule has 1 aliphatic carbocycles. The Balaban J connectivity index is 2.32. The predicted octanol–water partition coefficient (Wildman–Crippen LogP) is 2.77. The van der Waals surface area contributed by atoms with Gasteiger partial charge in [0.1, 0.15) is 0 Å². The molecule has 1 aromatic rings. The van der Waals surface area contributed by atoms with Gasteiger partial charge in [0.25, 0.3) is 0 Å². The molecule has 0 heterocycles. The maximum absolute atomic E-state index is 7.89. The van der Waals surface area contributed by atoms with Gasteiger partial charge in [-0.3, -0.25) is 0 Å². The molecule has 0 amide bonds. The van der Waals surface area contributed by atoms with E-state index in [0.29, 0.717) is 5.92 Å². The molecule has 62 valence electrons. The van der Waals surface area contributed by atoms with Crippen LogP contribution in [0.25, 0.3) is 0 Å². The minimum Gasteiger partial charge on any atom is -0.304 e. The molecule has 1 heteroatoms. The van der Waals surface area contributed by atoms with Crippen LogP contribution in [0.5, 0.6) is 0 Å². The largest absolute Gasteiger partial charge is 0.304 e. The predicted molar refractivity (Wildman–Crippen MR) is 50.7 cm³/mol. The smallest absolute Gasteiger partial charge is 0.0419 e. The Morgan fingerprint density at radius 1 is 1.33 bits per heavy atom. The SMILES string of the molecule is Cc1ccccc1C(=N)C1CC1. The summed E-state index contributed by atoms with van der Waals surface area (Å²) in [7, 11) is 0. The first kappa shape index (κ1) is 7.53. The Morgan fingerprint density at radius 3 is 2.58 bits per heavy atom. The fraction of sp³-hybridized carbons (Fsp3) is 0.364. The van der Waals surface area contributed by atoms with Crippen LogP contribution in [0.2, 0.25) is 0 Å². The van der Waals surface area contributed by atoms with Crippen LogP contribution in [0.3, 0.4) is 0 Å². The Hall–Kier alpha value is -1.11. The van der Waals surface area contributed by atoms with Gasteiger partial charge >= 0.3 is 0 Å². The molecule has 1 aliphatic rings. The van der Waals surface area contributed by atoms with Crippen molar-refractivity contribution in [1.29, 1.82) is 5.41 Å². The Bertz CT molecular complexity index is 311. The van der Waals surface area contributed by atoms with Crippen LogP contribution in [0, 0.1) is 18.3 Å². The zero-order valence-corrected chi connectivity index (χ0v) is 7.30. The quantitative estimate of drug-likeness (QED) is 0.641. The molecule has 12 heavy (non-hydrogen) atoms. The van der Waals surface area contributed by atoms with Gasteiger partial charge in [-0.05, 0) is 30.9 Å². The zero-order chi connectivity index (χ0) is 8.55. The first-order valence-corrected chi connectivity index (χ1v) is 4.43. The van der Waals surface area contributed by atoms with Gasteiger partial charge in [0, 0.05) is 11.6 Å². The maximum atomic E-state index is 7.89. The Kier molecular flexibility index (Phi) is 1.72. The molecular formula is C11H13N. The zero-order valence-electron chi connectivity index (χ0n) is 7.30. The summed E-state index contributed by atoms with van der Waals surface area (Å²) in [4.78, 5) is 0. The van der Waals surface area contributed by atoms with E-state index < -0.39 is 0 Å². The van der Waals surface area contributed by atoms with Crippen LogP contribution in [0.1, 0.15) is 24.0 Å². The summed E-state index contributed by atoms with van der Waals surface area (Å²) in [5.41, 5.74) is 3.21. The van der Waals surface area contributed by atoms with Crippen molar-refractivity contribution >= 4 is 5.71 Å². The average Bonchev–Trinajstić information content (AvgIpc) is 2.86. The van der Waals surface area contributed by atoms with Crippen molar-refractivity contribution in [3.8, 4) is 0 Å². The van der Waals surface area contributed by atoms with Gasteiger partial charge in [0.2, 0.25) is 0 Å². The van der Waals surface area contributed by atoms with Gasteiger partial charge in [-0.1, -0.05) is 24.3 Å². The standard InChI is InChI=1S/C11H13N/c1-8-4-2-3-5-10(8)11(12)9-6-7-9/h2-5,9,12H,6-7H2,1H3. The minimum absolute atomic E-state index is 0.561. The van der Waals surface area contributed by atoms with Gasteiger partial charge in [-0.2, -0.15) is 0 Å².